The molecule has 1 aromatic carbocycles. The average molecular weight is 250 g/mol. The van der Waals surface area contributed by atoms with Gasteiger partial charge in [-0.15, -0.1) is 0 Å². The zero-order valence-corrected chi connectivity index (χ0v) is 11.0. The zero-order chi connectivity index (χ0) is 12.7. The molecule has 1 aromatic rings. The highest BCUT2D eigenvalue weighted by molar-refractivity contribution is 7.98. The third kappa shape index (κ3) is 6.17. The van der Waals surface area contributed by atoms with Crippen LogP contribution >= 0.6 is 11.8 Å². The maximum atomic E-state index is 10.4. The van der Waals surface area contributed by atoms with E-state index < -0.39 is 5.97 Å². The lowest BCUT2D eigenvalue weighted by Gasteiger charge is -2.04. The normalized spacial score (nSPS) is 11.2. The summed E-state index contributed by atoms with van der Waals surface area (Å²) in [5.74, 6) is 1.99. The Morgan fingerprint density at radius 2 is 2.00 bits per heavy atom. The molecule has 0 unspecified atom stereocenters. The van der Waals surface area contributed by atoms with E-state index in [9.17, 15) is 4.79 Å². The third-order valence-corrected chi connectivity index (χ3v) is 3.56. The van der Waals surface area contributed by atoms with Crippen LogP contribution in [-0.2, 0) is 10.5 Å². The molecular weight excluding hydrogens is 232 g/mol. The van der Waals surface area contributed by atoms with E-state index in [0.717, 1.165) is 23.3 Å². The van der Waals surface area contributed by atoms with Gasteiger partial charge in [-0.1, -0.05) is 38.1 Å². The molecule has 0 aromatic heterocycles. The van der Waals surface area contributed by atoms with Crippen molar-refractivity contribution >= 4 is 23.8 Å². The van der Waals surface area contributed by atoms with Crippen molar-refractivity contribution in [3.63, 3.8) is 0 Å². The van der Waals surface area contributed by atoms with Crippen LogP contribution in [0.1, 0.15) is 25.0 Å². The molecule has 0 amide bonds. The van der Waals surface area contributed by atoms with Crippen molar-refractivity contribution in [2.45, 2.75) is 19.6 Å². The van der Waals surface area contributed by atoms with E-state index in [-0.39, 0.29) is 0 Å². The molecule has 0 heterocycles. The number of thioether (sulfide) groups is 1. The molecule has 0 aliphatic carbocycles. The van der Waals surface area contributed by atoms with Gasteiger partial charge >= 0.3 is 5.97 Å². The first-order chi connectivity index (χ1) is 8.08. The lowest BCUT2D eigenvalue weighted by molar-refractivity contribution is -0.131. The van der Waals surface area contributed by atoms with E-state index in [4.69, 9.17) is 5.11 Å². The number of benzene rings is 1. The maximum absolute atomic E-state index is 10.4. The van der Waals surface area contributed by atoms with Crippen LogP contribution in [0.5, 0.6) is 0 Å². The van der Waals surface area contributed by atoms with Gasteiger partial charge in [0.1, 0.15) is 0 Å². The molecule has 0 aliphatic rings. The molecule has 17 heavy (non-hydrogen) atoms. The Morgan fingerprint density at radius 3 is 2.53 bits per heavy atom. The highest BCUT2D eigenvalue weighted by Gasteiger charge is 1.97. The second-order valence-corrected chi connectivity index (χ2v) is 5.35. The Bertz CT molecular complexity index is 380. The quantitative estimate of drug-likeness (QED) is 0.783. The fraction of sp³-hybridized carbons (Fsp3) is 0.357. The van der Waals surface area contributed by atoms with Crippen LogP contribution in [0, 0.1) is 5.92 Å². The van der Waals surface area contributed by atoms with Gasteiger partial charge in [-0.3, -0.25) is 0 Å². The van der Waals surface area contributed by atoms with E-state index >= 15 is 0 Å². The number of hydrogen-bond acceptors (Lipinski definition) is 2. The first kappa shape index (κ1) is 13.8. The van der Waals surface area contributed by atoms with Gasteiger partial charge in [0, 0.05) is 11.8 Å². The standard InChI is InChI=1S/C14H18O2S/c1-11(2)9-17-10-13-5-3-12(4-6-13)7-8-14(15)16/h3-8,11H,9-10H2,1-2H3,(H,15,16)/b8-7+. The van der Waals surface area contributed by atoms with Crippen molar-refractivity contribution in [2.24, 2.45) is 5.92 Å². The topological polar surface area (TPSA) is 37.3 Å². The first-order valence-electron chi connectivity index (χ1n) is 5.65. The van der Waals surface area contributed by atoms with Crippen molar-refractivity contribution in [1.82, 2.24) is 0 Å². The SMILES string of the molecule is CC(C)CSCc1ccc(/C=C/C(=O)O)cc1. The number of carbonyl (C=O) groups is 1. The summed E-state index contributed by atoms with van der Waals surface area (Å²) in [5.41, 5.74) is 2.20. The predicted molar refractivity (Wildman–Crippen MR) is 74.1 cm³/mol. The molecule has 0 atom stereocenters. The minimum absolute atomic E-state index is 0.720. The molecule has 3 heteroatoms. The van der Waals surface area contributed by atoms with E-state index in [1.807, 2.05) is 23.9 Å². The van der Waals surface area contributed by atoms with Crippen molar-refractivity contribution < 1.29 is 9.90 Å². The Hall–Kier alpha value is -1.22. The van der Waals surface area contributed by atoms with Crippen LogP contribution in [-0.4, -0.2) is 16.8 Å². The van der Waals surface area contributed by atoms with Crippen molar-refractivity contribution in [1.29, 1.82) is 0 Å². The predicted octanol–water partition coefficient (Wildman–Crippen LogP) is 3.67. The number of hydrogen-bond donors (Lipinski definition) is 1. The minimum Gasteiger partial charge on any atom is -0.478 e. The molecule has 92 valence electrons. The molecule has 0 saturated heterocycles. The van der Waals surface area contributed by atoms with Crippen LogP contribution in [0.25, 0.3) is 6.08 Å². The number of aliphatic carboxylic acids is 1. The van der Waals surface area contributed by atoms with Gasteiger partial charge in [-0.05, 0) is 28.9 Å². The lowest BCUT2D eigenvalue weighted by Crippen LogP contribution is -1.91. The number of carboxylic acid groups (broad SMARTS) is 1. The Morgan fingerprint density at radius 1 is 1.35 bits per heavy atom. The summed E-state index contributed by atoms with van der Waals surface area (Å²) in [5, 5.41) is 8.51. The second-order valence-electron chi connectivity index (χ2n) is 4.32. The van der Waals surface area contributed by atoms with E-state index in [1.165, 1.54) is 11.3 Å². The zero-order valence-electron chi connectivity index (χ0n) is 10.2. The summed E-state index contributed by atoms with van der Waals surface area (Å²) in [6.07, 6.45) is 2.76. The van der Waals surface area contributed by atoms with Gasteiger partial charge in [-0.2, -0.15) is 11.8 Å². The van der Waals surface area contributed by atoms with Gasteiger partial charge in [-0.25, -0.2) is 4.79 Å². The molecule has 0 saturated carbocycles. The molecule has 1 rings (SSSR count). The molecule has 0 aliphatic heterocycles. The first-order valence-corrected chi connectivity index (χ1v) is 6.81. The van der Waals surface area contributed by atoms with Crippen LogP contribution in [0.3, 0.4) is 0 Å². The Kier molecular flexibility index (Phi) is 5.84. The van der Waals surface area contributed by atoms with Crippen LogP contribution < -0.4 is 0 Å². The summed E-state index contributed by atoms with van der Waals surface area (Å²) in [4.78, 5) is 10.4. The fourth-order valence-corrected chi connectivity index (χ4v) is 2.32. The molecule has 2 nitrogen and oxygen atoms in total. The smallest absolute Gasteiger partial charge is 0.328 e. The van der Waals surface area contributed by atoms with Crippen LogP contribution in [0.15, 0.2) is 30.3 Å². The molecule has 0 fully saturated rings. The molecule has 1 N–H and O–H groups in total. The highest BCUT2D eigenvalue weighted by Crippen LogP contribution is 2.16. The molecule has 0 radical (unpaired) electrons. The Labute approximate surface area is 107 Å². The molecule has 0 spiro atoms. The molecular formula is C14H18O2S. The van der Waals surface area contributed by atoms with Gasteiger partial charge in [0.05, 0.1) is 0 Å². The van der Waals surface area contributed by atoms with Gasteiger partial charge in [0.25, 0.3) is 0 Å². The van der Waals surface area contributed by atoms with Crippen LogP contribution in [0.4, 0.5) is 0 Å². The van der Waals surface area contributed by atoms with Crippen molar-refractivity contribution in [2.75, 3.05) is 5.75 Å². The fourth-order valence-electron chi connectivity index (χ4n) is 1.30. The van der Waals surface area contributed by atoms with E-state index in [0.29, 0.717) is 0 Å². The third-order valence-electron chi connectivity index (χ3n) is 2.12. The monoisotopic (exact) mass is 250 g/mol. The van der Waals surface area contributed by atoms with Gasteiger partial charge in [0.2, 0.25) is 0 Å². The lowest BCUT2D eigenvalue weighted by atomic mass is 10.1. The minimum atomic E-state index is -0.915. The number of rotatable bonds is 6. The largest absolute Gasteiger partial charge is 0.478 e. The second kappa shape index (κ2) is 7.17. The van der Waals surface area contributed by atoms with Crippen molar-refractivity contribution in [3.8, 4) is 0 Å². The highest BCUT2D eigenvalue weighted by atomic mass is 32.2. The van der Waals surface area contributed by atoms with Crippen LogP contribution in [0.2, 0.25) is 0 Å². The van der Waals surface area contributed by atoms with E-state index in [2.05, 4.69) is 26.0 Å². The summed E-state index contributed by atoms with van der Waals surface area (Å²) in [6.45, 7) is 4.43. The van der Waals surface area contributed by atoms with Crippen molar-refractivity contribution in [3.05, 3.63) is 41.5 Å². The maximum Gasteiger partial charge on any atom is 0.328 e. The molecule has 0 bridgehead atoms. The van der Waals surface area contributed by atoms with E-state index in [1.54, 1.807) is 6.08 Å². The summed E-state index contributed by atoms with van der Waals surface area (Å²) < 4.78 is 0. The van der Waals surface area contributed by atoms with Gasteiger partial charge in [0.15, 0.2) is 0 Å². The summed E-state index contributed by atoms with van der Waals surface area (Å²) >= 11 is 1.93. The summed E-state index contributed by atoms with van der Waals surface area (Å²) in [7, 11) is 0. The van der Waals surface area contributed by atoms with Gasteiger partial charge < -0.3 is 5.11 Å². The number of carboxylic acids is 1. The summed E-state index contributed by atoms with van der Waals surface area (Å²) in [6, 6.07) is 8.00. The Balaban J connectivity index is 2.47. The average Bonchev–Trinajstić information content (AvgIpc) is 2.27.